The van der Waals surface area contributed by atoms with E-state index in [0.717, 1.165) is 10.5 Å². The number of hydrogen-bond acceptors (Lipinski definition) is 4. The van der Waals surface area contributed by atoms with E-state index in [-0.39, 0.29) is 11.6 Å². The first kappa shape index (κ1) is 13.6. The lowest BCUT2D eigenvalue weighted by atomic mass is 10.3. The van der Waals surface area contributed by atoms with Crippen molar-refractivity contribution in [3.8, 4) is 0 Å². The van der Waals surface area contributed by atoms with E-state index in [0.29, 0.717) is 11.5 Å². The summed E-state index contributed by atoms with van der Waals surface area (Å²) >= 11 is 1.54. The smallest absolute Gasteiger partial charge is 0.300 e. The highest BCUT2D eigenvalue weighted by molar-refractivity contribution is 7.98. The molecule has 0 spiro atoms. The van der Waals surface area contributed by atoms with Crippen LogP contribution in [-0.2, 0) is 5.75 Å². The van der Waals surface area contributed by atoms with Gasteiger partial charge in [0, 0.05) is 16.2 Å². The SMILES string of the molecule is Cc1oc(C(=O)NN)cc1CSc1ccc(F)cc1. The largest absolute Gasteiger partial charge is 0.456 e. The second-order valence-electron chi connectivity index (χ2n) is 3.91. The summed E-state index contributed by atoms with van der Waals surface area (Å²) < 4.78 is 18.1. The van der Waals surface area contributed by atoms with Crippen molar-refractivity contribution in [1.29, 1.82) is 0 Å². The number of nitrogen functional groups attached to an aromatic ring is 1. The number of nitrogens with one attached hydrogen (secondary N) is 1. The van der Waals surface area contributed by atoms with Crippen molar-refractivity contribution in [3.63, 3.8) is 0 Å². The molecular weight excluding hydrogens is 267 g/mol. The van der Waals surface area contributed by atoms with Gasteiger partial charge in [0.1, 0.15) is 11.6 Å². The monoisotopic (exact) mass is 280 g/mol. The first-order valence-electron chi connectivity index (χ1n) is 5.59. The van der Waals surface area contributed by atoms with Crippen molar-refractivity contribution in [2.75, 3.05) is 0 Å². The Morgan fingerprint density at radius 2 is 2.11 bits per heavy atom. The van der Waals surface area contributed by atoms with Crippen molar-refractivity contribution in [1.82, 2.24) is 5.43 Å². The van der Waals surface area contributed by atoms with Gasteiger partial charge in [-0.05, 0) is 37.3 Å². The van der Waals surface area contributed by atoms with Crippen LogP contribution < -0.4 is 11.3 Å². The average molecular weight is 280 g/mol. The van der Waals surface area contributed by atoms with Gasteiger partial charge in [0.2, 0.25) is 0 Å². The molecule has 0 fully saturated rings. The predicted molar refractivity (Wildman–Crippen MR) is 71.1 cm³/mol. The number of nitrogens with two attached hydrogens (primary N) is 1. The molecule has 0 aliphatic rings. The van der Waals surface area contributed by atoms with Gasteiger partial charge in [-0.2, -0.15) is 0 Å². The molecule has 0 bridgehead atoms. The minimum Gasteiger partial charge on any atom is -0.456 e. The molecule has 0 aliphatic heterocycles. The zero-order valence-electron chi connectivity index (χ0n) is 10.3. The quantitative estimate of drug-likeness (QED) is 0.391. The molecular formula is C13H13FN2O2S. The summed E-state index contributed by atoms with van der Waals surface area (Å²) in [5, 5.41) is 0. The van der Waals surface area contributed by atoms with Crippen LogP contribution in [0.2, 0.25) is 0 Å². The predicted octanol–water partition coefficient (Wildman–Crippen LogP) is 2.62. The summed E-state index contributed by atoms with van der Waals surface area (Å²) in [5.74, 6) is 5.83. The van der Waals surface area contributed by atoms with Gasteiger partial charge in [0.15, 0.2) is 5.76 Å². The van der Waals surface area contributed by atoms with Crippen LogP contribution in [0.5, 0.6) is 0 Å². The topological polar surface area (TPSA) is 68.3 Å². The number of carbonyl (C=O) groups excluding carboxylic acids is 1. The Hall–Kier alpha value is -1.79. The Bertz CT molecular complexity index is 581. The maximum Gasteiger partial charge on any atom is 0.300 e. The molecule has 2 aromatic rings. The van der Waals surface area contributed by atoms with E-state index in [1.54, 1.807) is 25.1 Å². The summed E-state index contributed by atoms with van der Waals surface area (Å²) in [5.41, 5.74) is 2.93. The third kappa shape index (κ3) is 3.36. The van der Waals surface area contributed by atoms with Crippen LogP contribution in [0.1, 0.15) is 21.9 Å². The number of hydrogen-bond donors (Lipinski definition) is 2. The van der Waals surface area contributed by atoms with Crippen molar-refractivity contribution >= 4 is 17.7 Å². The summed E-state index contributed by atoms with van der Waals surface area (Å²) in [6.45, 7) is 1.79. The highest BCUT2D eigenvalue weighted by Gasteiger charge is 2.13. The van der Waals surface area contributed by atoms with Crippen molar-refractivity contribution in [2.45, 2.75) is 17.6 Å². The van der Waals surface area contributed by atoms with Crippen molar-refractivity contribution in [2.24, 2.45) is 5.84 Å². The third-order valence-corrected chi connectivity index (χ3v) is 3.64. The fourth-order valence-corrected chi connectivity index (χ4v) is 2.48. The summed E-state index contributed by atoms with van der Waals surface area (Å²) in [4.78, 5) is 12.3. The van der Waals surface area contributed by atoms with Gasteiger partial charge in [-0.25, -0.2) is 10.2 Å². The number of thioether (sulfide) groups is 1. The molecule has 2 rings (SSSR count). The number of rotatable bonds is 4. The van der Waals surface area contributed by atoms with Gasteiger partial charge in [0.25, 0.3) is 0 Å². The van der Waals surface area contributed by atoms with E-state index in [1.165, 1.54) is 23.9 Å². The van der Waals surface area contributed by atoms with Crippen LogP contribution in [0.4, 0.5) is 4.39 Å². The van der Waals surface area contributed by atoms with Gasteiger partial charge in [-0.1, -0.05) is 0 Å². The number of halogens is 1. The van der Waals surface area contributed by atoms with Gasteiger partial charge >= 0.3 is 5.91 Å². The van der Waals surface area contributed by atoms with Crippen LogP contribution >= 0.6 is 11.8 Å². The van der Waals surface area contributed by atoms with E-state index < -0.39 is 5.91 Å². The lowest BCUT2D eigenvalue weighted by molar-refractivity contribution is 0.0924. The van der Waals surface area contributed by atoms with E-state index in [2.05, 4.69) is 0 Å². The normalized spacial score (nSPS) is 10.5. The number of hydrazine groups is 1. The Morgan fingerprint density at radius 1 is 1.42 bits per heavy atom. The first-order valence-corrected chi connectivity index (χ1v) is 6.57. The maximum absolute atomic E-state index is 12.8. The van der Waals surface area contributed by atoms with Gasteiger partial charge < -0.3 is 4.42 Å². The molecule has 19 heavy (non-hydrogen) atoms. The number of furan rings is 1. The molecule has 0 aliphatic carbocycles. The van der Waals surface area contributed by atoms with E-state index >= 15 is 0 Å². The summed E-state index contributed by atoms with van der Waals surface area (Å²) in [7, 11) is 0. The Morgan fingerprint density at radius 3 is 2.74 bits per heavy atom. The standard InChI is InChI=1S/C13H13FN2O2S/c1-8-9(6-12(18-8)13(17)16-15)7-19-11-4-2-10(14)3-5-11/h2-6H,7,15H2,1H3,(H,16,17). The van der Waals surface area contributed by atoms with Crippen molar-refractivity contribution in [3.05, 3.63) is 53.2 Å². The van der Waals surface area contributed by atoms with Crippen LogP contribution in [0, 0.1) is 12.7 Å². The number of benzene rings is 1. The molecule has 1 aromatic heterocycles. The van der Waals surface area contributed by atoms with E-state index in [9.17, 15) is 9.18 Å². The molecule has 1 amide bonds. The van der Waals surface area contributed by atoms with Crippen LogP contribution in [0.25, 0.3) is 0 Å². The maximum atomic E-state index is 12.8. The number of amides is 1. The van der Waals surface area contributed by atoms with Crippen molar-refractivity contribution < 1.29 is 13.6 Å². The fourth-order valence-electron chi connectivity index (χ4n) is 1.54. The molecule has 3 N–H and O–H groups in total. The molecule has 0 atom stereocenters. The lowest BCUT2D eigenvalue weighted by Crippen LogP contribution is -2.29. The Labute approximate surface area is 114 Å². The lowest BCUT2D eigenvalue weighted by Gasteiger charge is -2.00. The minimum atomic E-state index is -0.457. The average Bonchev–Trinajstić information content (AvgIpc) is 2.79. The molecule has 0 radical (unpaired) electrons. The van der Waals surface area contributed by atoms with Crippen LogP contribution in [0.3, 0.4) is 0 Å². The number of aryl methyl sites for hydroxylation is 1. The Kier molecular flexibility index (Phi) is 4.24. The minimum absolute atomic E-state index is 0.190. The number of carbonyl (C=O) groups is 1. The molecule has 0 saturated heterocycles. The summed E-state index contributed by atoms with van der Waals surface area (Å²) in [6.07, 6.45) is 0. The van der Waals surface area contributed by atoms with E-state index in [1.807, 2.05) is 5.43 Å². The highest BCUT2D eigenvalue weighted by atomic mass is 32.2. The second kappa shape index (κ2) is 5.90. The van der Waals surface area contributed by atoms with Gasteiger partial charge in [0.05, 0.1) is 0 Å². The highest BCUT2D eigenvalue weighted by Crippen LogP contribution is 2.26. The van der Waals surface area contributed by atoms with Gasteiger partial charge in [-0.3, -0.25) is 10.2 Å². The molecule has 100 valence electrons. The zero-order chi connectivity index (χ0) is 13.8. The van der Waals surface area contributed by atoms with Crippen LogP contribution in [-0.4, -0.2) is 5.91 Å². The third-order valence-electron chi connectivity index (χ3n) is 2.58. The molecule has 1 aromatic carbocycles. The second-order valence-corrected chi connectivity index (χ2v) is 4.96. The van der Waals surface area contributed by atoms with E-state index in [4.69, 9.17) is 10.3 Å². The zero-order valence-corrected chi connectivity index (χ0v) is 11.1. The summed E-state index contributed by atoms with van der Waals surface area (Å²) in [6, 6.07) is 7.91. The molecule has 6 heteroatoms. The van der Waals surface area contributed by atoms with Crippen LogP contribution in [0.15, 0.2) is 39.6 Å². The Balaban J connectivity index is 2.05. The molecule has 4 nitrogen and oxygen atoms in total. The first-order chi connectivity index (χ1) is 9.10. The molecule has 0 unspecified atom stereocenters. The molecule has 0 saturated carbocycles. The van der Waals surface area contributed by atoms with Gasteiger partial charge in [-0.15, -0.1) is 11.8 Å². The molecule has 1 heterocycles. The fraction of sp³-hybridized carbons (Fsp3) is 0.154.